The summed E-state index contributed by atoms with van der Waals surface area (Å²) in [5.41, 5.74) is 1.82. The van der Waals surface area contributed by atoms with Crippen LogP contribution < -0.4 is 16.0 Å². The summed E-state index contributed by atoms with van der Waals surface area (Å²) < 4.78 is 1.85. The maximum atomic E-state index is 12.2. The van der Waals surface area contributed by atoms with E-state index < -0.39 is 17.6 Å². The summed E-state index contributed by atoms with van der Waals surface area (Å²) in [4.78, 5) is 24.0. The zero-order valence-corrected chi connectivity index (χ0v) is 15.7. The van der Waals surface area contributed by atoms with Gasteiger partial charge in [0.2, 0.25) is 5.91 Å². The minimum absolute atomic E-state index is 0.365. The Balaban J connectivity index is 1.90. The average molecular weight is 357 g/mol. The molecule has 1 heterocycles. The number of carbonyl (C=O) groups is 2. The molecule has 1 aromatic heterocycles. The van der Waals surface area contributed by atoms with Crippen LogP contribution in [0, 0.1) is 0 Å². The van der Waals surface area contributed by atoms with E-state index in [1.54, 1.807) is 13.1 Å². The Bertz CT molecular complexity index is 735. The number of benzene rings is 1. The Labute approximate surface area is 154 Å². The maximum absolute atomic E-state index is 12.2. The molecule has 3 N–H and O–H groups in total. The first-order valence-corrected chi connectivity index (χ1v) is 8.65. The van der Waals surface area contributed by atoms with Gasteiger partial charge in [0.05, 0.1) is 12.6 Å². The molecule has 1 aromatic carbocycles. The number of nitrogens with zero attached hydrogens (tertiary/aromatic N) is 2. The monoisotopic (exact) mass is 357 g/mol. The molecule has 7 heteroatoms. The van der Waals surface area contributed by atoms with E-state index in [0.29, 0.717) is 13.1 Å². The summed E-state index contributed by atoms with van der Waals surface area (Å²) in [5, 5.41) is 12.5. The number of aromatic nitrogens is 2. The van der Waals surface area contributed by atoms with Crippen LogP contribution >= 0.6 is 0 Å². The molecule has 0 unspecified atom stereocenters. The number of imide groups is 1. The van der Waals surface area contributed by atoms with Crippen molar-refractivity contribution < 1.29 is 9.59 Å². The van der Waals surface area contributed by atoms with Crippen LogP contribution in [0.15, 0.2) is 42.7 Å². The van der Waals surface area contributed by atoms with E-state index in [4.69, 9.17) is 0 Å². The number of rotatable bonds is 6. The molecule has 0 saturated heterocycles. The Morgan fingerprint density at radius 3 is 2.46 bits per heavy atom. The van der Waals surface area contributed by atoms with Gasteiger partial charge in [-0.25, -0.2) is 4.79 Å². The second-order valence-corrected chi connectivity index (χ2v) is 7.27. The molecular weight excluding hydrogens is 330 g/mol. The van der Waals surface area contributed by atoms with Gasteiger partial charge in [0, 0.05) is 24.5 Å². The predicted molar refractivity (Wildman–Crippen MR) is 101 cm³/mol. The minimum Gasteiger partial charge on any atom is -0.333 e. The van der Waals surface area contributed by atoms with E-state index in [2.05, 4.69) is 21.0 Å². The molecule has 3 amide bonds. The van der Waals surface area contributed by atoms with E-state index >= 15 is 0 Å². The summed E-state index contributed by atoms with van der Waals surface area (Å²) in [6.45, 7) is 8.49. The molecule has 26 heavy (non-hydrogen) atoms. The second kappa shape index (κ2) is 8.62. The minimum atomic E-state index is -0.501. The Hall–Kier alpha value is -2.67. The van der Waals surface area contributed by atoms with Gasteiger partial charge >= 0.3 is 6.03 Å². The SMILES string of the molecule is C[C@H](NCc1ccccc1Cn1cccn1)C(=O)NC(=O)NC(C)(C)C. The van der Waals surface area contributed by atoms with Gasteiger partial charge in [0.1, 0.15) is 0 Å². The normalized spacial score (nSPS) is 12.5. The molecule has 2 rings (SSSR count). The summed E-state index contributed by atoms with van der Waals surface area (Å²) in [6.07, 6.45) is 3.66. The van der Waals surface area contributed by atoms with E-state index in [1.165, 1.54) is 0 Å². The van der Waals surface area contributed by atoms with Crippen LogP contribution in [0.4, 0.5) is 4.79 Å². The quantitative estimate of drug-likeness (QED) is 0.738. The first kappa shape index (κ1) is 19.7. The Kier molecular flexibility index (Phi) is 6.52. The standard InChI is InChI=1S/C19H27N5O2/c1-14(17(25)22-18(26)23-19(2,3)4)20-12-15-8-5-6-9-16(15)13-24-11-7-10-21-24/h5-11,14,20H,12-13H2,1-4H3,(H2,22,23,25,26)/t14-/m0/s1. The van der Waals surface area contributed by atoms with E-state index in [9.17, 15) is 9.59 Å². The van der Waals surface area contributed by atoms with Crippen LogP contribution in [0.25, 0.3) is 0 Å². The van der Waals surface area contributed by atoms with Gasteiger partial charge in [-0.05, 0) is 44.9 Å². The summed E-state index contributed by atoms with van der Waals surface area (Å²) in [5.74, 6) is -0.365. The fourth-order valence-corrected chi connectivity index (χ4v) is 2.40. The van der Waals surface area contributed by atoms with Gasteiger partial charge in [-0.1, -0.05) is 24.3 Å². The zero-order chi connectivity index (χ0) is 19.2. The van der Waals surface area contributed by atoms with Gasteiger partial charge in [-0.2, -0.15) is 5.10 Å². The highest BCUT2D eigenvalue weighted by Gasteiger charge is 2.19. The predicted octanol–water partition coefficient (Wildman–Crippen LogP) is 2.03. The van der Waals surface area contributed by atoms with Crippen LogP contribution in [0.3, 0.4) is 0 Å². The van der Waals surface area contributed by atoms with Crippen molar-refractivity contribution in [2.24, 2.45) is 0 Å². The lowest BCUT2D eigenvalue weighted by Crippen LogP contribution is -2.52. The fourth-order valence-electron chi connectivity index (χ4n) is 2.40. The van der Waals surface area contributed by atoms with Gasteiger partial charge < -0.3 is 10.6 Å². The molecular formula is C19H27N5O2. The van der Waals surface area contributed by atoms with Crippen molar-refractivity contribution in [3.8, 4) is 0 Å². The van der Waals surface area contributed by atoms with Crippen LogP contribution in [-0.2, 0) is 17.9 Å². The number of carbonyl (C=O) groups excluding carboxylic acids is 2. The summed E-state index contributed by atoms with van der Waals surface area (Å²) >= 11 is 0. The van der Waals surface area contributed by atoms with Gasteiger partial charge in [0.15, 0.2) is 0 Å². The number of hydrogen-bond acceptors (Lipinski definition) is 4. The molecule has 0 spiro atoms. The lowest BCUT2D eigenvalue weighted by atomic mass is 10.1. The van der Waals surface area contributed by atoms with Crippen molar-refractivity contribution >= 4 is 11.9 Å². The molecule has 0 aliphatic carbocycles. The van der Waals surface area contributed by atoms with Crippen molar-refractivity contribution in [1.29, 1.82) is 0 Å². The first-order chi connectivity index (χ1) is 12.2. The van der Waals surface area contributed by atoms with Crippen LogP contribution in [0.1, 0.15) is 38.8 Å². The third kappa shape index (κ3) is 6.33. The lowest BCUT2D eigenvalue weighted by Gasteiger charge is -2.21. The van der Waals surface area contributed by atoms with E-state index in [0.717, 1.165) is 11.1 Å². The fraction of sp³-hybridized carbons (Fsp3) is 0.421. The highest BCUT2D eigenvalue weighted by molar-refractivity contribution is 5.97. The molecule has 7 nitrogen and oxygen atoms in total. The average Bonchev–Trinajstić information content (AvgIpc) is 3.04. The third-order valence-electron chi connectivity index (χ3n) is 3.73. The molecule has 0 radical (unpaired) electrons. The van der Waals surface area contributed by atoms with Gasteiger partial charge in [-0.3, -0.25) is 14.8 Å². The highest BCUT2D eigenvalue weighted by Crippen LogP contribution is 2.10. The Morgan fingerprint density at radius 2 is 1.85 bits per heavy atom. The van der Waals surface area contributed by atoms with Crippen molar-refractivity contribution in [3.63, 3.8) is 0 Å². The van der Waals surface area contributed by atoms with Crippen LogP contribution in [0.5, 0.6) is 0 Å². The molecule has 0 aliphatic rings. The number of urea groups is 1. The number of hydrogen-bond donors (Lipinski definition) is 3. The van der Waals surface area contributed by atoms with Crippen molar-refractivity contribution in [3.05, 3.63) is 53.9 Å². The Morgan fingerprint density at radius 1 is 1.15 bits per heavy atom. The smallest absolute Gasteiger partial charge is 0.321 e. The maximum Gasteiger partial charge on any atom is 0.321 e. The summed E-state index contributed by atoms with van der Waals surface area (Å²) in [6, 6.07) is 8.90. The summed E-state index contributed by atoms with van der Waals surface area (Å²) in [7, 11) is 0. The first-order valence-electron chi connectivity index (χ1n) is 8.65. The molecule has 2 aromatic rings. The molecule has 140 valence electrons. The number of nitrogens with one attached hydrogen (secondary N) is 3. The van der Waals surface area contributed by atoms with Crippen LogP contribution in [-0.4, -0.2) is 33.3 Å². The molecule has 0 saturated carbocycles. The van der Waals surface area contributed by atoms with E-state index in [-0.39, 0.29) is 5.91 Å². The van der Waals surface area contributed by atoms with Crippen LogP contribution in [0.2, 0.25) is 0 Å². The third-order valence-corrected chi connectivity index (χ3v) is 3.73. The lowest BCUT2D eigenvalue weighted by molar-refractivity contribution is -0.121. The molecule has 0 aliphatic heterocycles. The molecule has 0 bridgehead atoms. The largest absolute Gasteiger partial charge is 0.333 e. The highest BCUT2D eigenvalue weighted by atomic mass is 16.2. The second-order valence-electron chi connectivity index (χ2n) is 7.27. The van der Waals surface area contributed by atoms with E-state index in [1.807, 2.05) is 62.0 Å². The number of amides is 3. The van der Waals surface area contributed by atoms with Crippen molar-refractivity contribution in [2.45, 2.75) is 52.4 Å². The molecule has 0 fully saturated rings. The van der Waals surface area contributed by atoms with Gasteiger partial charge in [-0.15, -0.1) is 0 Å². The van der Waals surface area contributed by atoms with Crippen molar-refractivity contribution in [2.75, 3.05) is 0 Å². The molecule has 1 atom stereocenters. The topological polar surface area (TPSA) is 88.1 Å². The van der Waals surface area contributed by atoms with Crippen molar-refractivity contribution in [1.82, 2.24) is 25.7 Å². The zero-order valence-electron chi connectivity index (χ0n) is 15.7. The van der Waals surface area contributed by atoms with Gasteiger partial charge in [0.25, 0.3) is 0 Å².